The van der Waals surface area contributed by atoms with Gasteiger partial charge in [-0.2, -0.15) is 0 Å². The van der Waals surface area contributed by atoms with Crippen LogP contribution in [0.4, 0.5) is 4.39 Å². The van der Waals surface area contributed by atoms with Crippen molar-refractivity contribution in [1.82, 2.24) is 14.5 Å². The van der Waals surface area contributed by atoms with E-state index in [2.05, 4.69) is 0 Å². The average Bonchev–Trinajstić information content (AvgIpc) is 2.88. The summed E-state index contributed by atoms with van der Waals surface area (Å²) >= 11 is 1.26. The molecule has 1 amide bonds. The molecule has 3 aromatic carbocycles. The minimum atomic E-state index is -0.317. The summed E-state index contributed by atoms with van der Waals surface area (Å²) in [5.41, 5.74) is 1.71. The first-order chi connectivity index (χ1) is 17.0. The average molecular weight is 492 g/mol. The molecular weight excluding hydrogens is 465 g/mol. The van der Waals surface area contributed by atoms with Crippen LogP contribution in [-0.2, 0) is 5.75 Å². The lowest BCUT2D eigenvalue weighted by atomic mass is 10.1. The van der Waals surface area contributed by atoms with E-state index in [0.29, 0.717) is 51.7 Å². The SMILES string of the molecule is CCN(CC)C(=O)c1ccc2c(=O)n(-c3cccc(OC)c3)c(SCc3ccccc3F)nc2c1. The van der Waals surface area contributed by atoms with Crippen LogP contribution in [0.3, 0.4) is 0 Å². The molecule has 1 heterocycles. The van der Waals surface area contributed by atoms with Crippen molar-refractivity contribution in [1.29, 1.82) is 0 Å². The highest BCUT2D eigenvalue weighted by Gasteiger charge is 2.18. The topological polar surface area (TPSA) is 64.4 Å². The Kier molecular flexibility index (Phi) is 7.51. The van der Waals surface area contributed by atoms with Gasteiger partial charge in [0.05, 0.1) is 23.7 Å². The summed E-state index contributed by atoms with van der Waals surface area (Å²) in [5.74, 6) is 0.450. The molecule has 0 saturated heterocycles. The lowest BCUT2D eigenvalue weighted by Crippen LogP contribution is -2.30. The largest absolute Gasteiger partial charge is 0.497 e. The molecule has 6 nitrogen and oxygen atoms in total. The van der Waals surface area contributed by atoms with Gasteiger partial charge < -0.3 is 9.64 Å². The molecule has 0 atom stereocenters. The van der Waals surface area contributed by atoms with E-state index in [-0.39, 0.29) is 23.0 Å². The van der Waals surface area contributed by atoms with E-state index >= 15 is 0 Å². The molecule has 35 heavy (non-hydrogen) atoms. The second kappa shape index (κ2) is 10.7. The normalized spacial score (nSPS) is 11.0. The Morgan fingerprint density at radius 1 is 1.06 bits per heavy atom. The van der Waals surface area contributed by atoms with Gasteiger partial charge in [0.1, 0.15) is 11.6 Å². The van der Waals surface area contributed by atoms with E-state index < -0.39 is 0 Å². The zero-order valence-corrected chi connectivity index (χ0v) is 20.6. The number of hydrogen-bond donors (Lipinski definition) is 0. The van der Waals surface area contributed by atoms with E-state index in [4.69, 9.17) is 9.72 Å². The monoisotopic (exact) mass is 491 g/mol. The standard InChI is InChI=1S/C27H26FN3O3S/c1-4-30(5-2)25(32)18-13-14-22-24(15-18)29-27(35-17-19-9-6-7-12-23(19)28)31(26(22)33)20-10-8-11-21(16-20)34-3/h6-16H,4-5,17H2,1-3H3. The number of fused-ring (bicyclic) bond motifs is 1. The van der Waals surface area contributed by atoms with Crippen LogP contribution in [-0.4, -0.2) is 40.6 Å². The van der Waals surface area contributed by atoms with Gasteiger partial charge in [0.2, 0.25) is 0 Å². The highest BCUT2D eigenvalue weighted by molar-refractivity contribution is 7.98. The van der Waals surface area contributed by atoms with E-state index in [1.807, 2.05) is 13.8 Å². The number of thioether (sulfide) groups is 1. The molecule has 0 bridgehead atoms. The third-order valence-corrected chi connectivity index (χ3v) is 6.75. The first-order valence-corrected chi connectivity index (χ1v) is 12.3. The highest BCUT2D eigenvalue weighted by Crippen LogP contribution is 2.27. The molecule has 0 aliphatic carbocycles. The van der Waals surface area contributed by atoms with Crippen LogP contribution in [0.25, 0.3) is 16.6 Å². The fourth-order valence-corrected chi connectivity index (χ4v) is 4.82. The summed E-state index contributed by atoms with van der Waals surface area (Å²) in [4.78, 5) is 33.0. The summed E-state index contributed by atoms with van der Waals surface area (Å²) in [6.07, 6.45) is 0. The summed E-state index contributed by atoms with van der Waals surface area (Å²) in [6, 6.07) is 18.6. The van der Waals surface area contributed by atoms with Gasteiger partial charge in [-0.25, -0.2) is 9.37 Å². The number of hydrogen-bond acceptors (Lipinski definition) is 5. The maximum absolute atomic E-state index is 14.3. The second-order valence-electron chi connectivity index (χ2n) is 7.83. The number of benzene rings is 3. The van der Waals surface area contributed by atoms with Crippen molar-refractivity contribution in [2.45, 2.75) is 24.8 Å². The maximum Gasteiger partial charge on any atom is 0.266 e. The Balaban J connectivity index is 1.86. The van der Waals surface area contributed by atoms with E-state index in [9.17, 15) is 14.0 Å². The predicted octanol–water partition coefficient (Wildman–Crippen LogP) is 5.31. The summed E-state index contributed by atoms with van der Waals surface area (Å²) < 4.78 is 21.1. The molecule has 180 valence electrons. The van der Waals surface area contributed by atoms with Gasteiger partial charge in [-0.3, -0.25) is 14.2 Å². The summed E-state index contributed by atoms with van der Waals surface area (Å²) in [5, 5.41) is 0.783. The second-order valence-corrected chi connectivity index (χ2v) is 8.77. The van der Waals surface area contributed by atoms with Gasteiger partial charge in [0.15, 0.2) is 5.16 Å². The third-order valence-electron chi connectivity index (χ3n) is 5.76. The van der Waals surface area contributed by atoms with Crippen molar-refractivity contribution in [2.24, 2.45) is 0 Å². The Labute approximate surface area is 207 Å². The number of carbonyl (C=O) groups excluding carboxylic acids is 1. The van der Waals surface area contributed by atoms with Gasteiger partial charge in [0, 0.05) is 30.5 Å². The number of amides is 1. The Hall–Kier alpha value is -3.65. The number of ether oxygens (including phenoxy) is 1. The number of carbonyl (C=O) groups is 1. The highest BCUT2D eigenvalue weighted by atomic mass is 32.2. The van der Waals surface area contributed by atoms with Crippen LogP contribution in [0.15, 0.2) is 76.7 Å². The molecule has 0 aliphatic heterocycles. The van der Waals surface area contributed by atoms with Crippen molar-refractivity contribution in [3.63, 3.8) is 0 Å². The molecule has 1 aromatic heterocycles. The van der Waals surface area contributed by atoms with Crippen LogP contribution in [0.5, 0.6) is 5.75 Å². The zero-order chi connectivity index (χ0) is 24.9. The number of methoxy groups -OCH3 is 1. The Bertz CT molecular complexity index is 1430. The van der Waals surface area contributed by atoms with Crippen molar-refractivity contribution < 1.29 is 13.9 Å². The molecule has 0 radical (unpaired) electrons. The fourth-order valence-electron chi connectivity index (χ4n) is 3.82. The lowest BCUT2D eigenvalue weighted by molar-refractivity contribution is 0.0773. The van der Waals surface area contributed by atoms with Crippen LogP contribution in [0.2, 0.25) is 0 Å². The van der Waals surface area contributed by atoms with Gasteiger partial charge in [-0.1, -0.05) is 36.0 Å². The third kappa shape index (κ3) is 5.07. The molecule has 4 aromatic rings. The number of rotatable bonds is 8. The van der Waals surface area contributed by atoms with Crippen LogP contribution in [0.1, 0.15) is 29.8 Å². The van der Waals surface area contributed by atoms with E-state index in [1.54, 1.807) is 72.7 Å². The maximum atomic E-state index is 14.3. The Morgan fingerprint density at radius 3 is 2.54 bits per heavy atom. The van der Waals surface area contributed by atoms with Gasteiger partial charge in [0.25, 0.3) is 11.5 Å². The first-order valence-electron chi connectivity index (χ1n) is 11.3. The molecule has 0 fully saturated rings. The molecule has 0 spiro atoms. The van der Waals surface area contributed by atoms with Crippen LogP contribution < -0.4 is 10.3 Å². The first kappa shape index (κ1) is 24.5. The molecule has 0 aliphatic rings. The molecular formula is C27H26FN3O3S. The van der Waals surface area contributed by atoms with E-state index in [0.717, 1.165) is 0 Å². The molecule has 0 saturated carbocycles. The minimum absolute atomic E-state index is 0.115. The predicted molar refractivity (Wildman–Crippen MR) is 137 cm³/mol. The molecule has 8 heteroatoms. The van der Waals surface area contributed by atoms with Gasteiger partial charge in [-0.05, 0) is 55.8 Å². The van der Waals surface area contributed by atoms with Crippen LogP contribution >= 0.6 is 11.8 Å². The minimum Gasteiger partial charge on any atom is -0.497 e. The van der Waals surface area contributed by atoms with E-state index in [1.165, 1.54) is 22.4 Å². The Morgan fingerprint density at radius 2 is 1.83 bits per heavy atom. The van der Waals surface area contributed by atoms with Crippen molar-refractivity contribution in [3.05, 3.63) is 94.0 Å². The molecule has 0 N–H and O–H groups in total. The van der Waals surface area contributed by atoms with Crippen molar-refractivity contribution in [2.75, 3.05) is 20.2 Å². The van der Waals surface area contributed by atoms with Gasteiger partial charge >= 0.3 is 0 Å². The fraction of sp³-hybridized carbons (Fsp3) is 0.222. The van der Waals surface area contributed by atoms with Crippen LogP contribution in [0, 0.1) is 5.82 Å². The smallest absolute Gasteiger partial charge is 0.266 e. The quantitative estimate of drug-likeness (QED) is 0.247. The lowest BCUT2D eigenvalue weighted by Gasteiger charge is -2.19. The summed E-state index contributed by atoms with van der Waals surface area (Å²) in [6.45, 7) is 5.01. The van der Waals surface area contributed by atoms with Crippen molar-refractivity contribution in [3.8, 4) is 11.4 Å². The number of aromatic nitrogens is 2. The summed E-state index contributed by atoms with van der Waals surface area (Å²) in [7, 11) is 1.56. The molecule has 4 rings (SSSR count). The number of nitrogens with zero attached hydrogens (tertiary/aromatic N) is 3. The van der Waals surface area contributed by atoms with Crippen molar-refractivity contribution >= 4 is 28.6 Å². The zero-order valence-electron chi connectivity index (χ0n) is 19.8. The molecule has 0 unspecified atom stereocenters. The van der Waals surface area contributed by atoms with Gasteiger partial charge in [-0.15, -0.1) is 0 Å². The number of halogens is 1.